The van der Waals surface area contributed by atoms with E-state index in [-0.39, 0.29) is 29.7 Å². The number of allylic oxidation sites excluding steroid dienone is 5. The monoisotopic (exact) mass is 605 g/mol. The first-order valence-corrected chi connectivity index (χ1v) is 13.8. The number of Topliss-reactive ketones (excluding diaryl/α,β-unsaturated/α-hetero) is 3. The molecule has 0 radical (unpaired) electrons. The first-order chi connectivity index (χ1) is 20.1. The fourth-order valence-electron chi connectivity index (χ4n) is 5.13. The Morgan fingerprint density at radius 2 is 1.98 bits per heavy atom. The molecular weight excluding hydrogens is 562 g/mol. The molecule has 1 saturated heterocycles. The number of hydrogen-bond acceptors (Lipinski definition) is 12. The number of aliphatic hydroxyl groups excluding tert-OH is 4. The molecule has 1 aliphatic heterocycles. The van der Waals surface area contributed by atoms with Gasteiger partial charge in [0.05, 0.1) is 42.3 Å². The van der Waals surface area contributed by atoms with Gasteiger partial charge in [0.2, 0.25) is 0 Å². The van der Waals surface area contributed by atoms with Gasteiger partial charge in [0.1, 0.15) is 18.0 Å². The van der Waals surface area contributed by atoms with E-state index in [9.17, 15) is 39.9 Å². The average molecular weight is 606 g/mol. The van der Waals surface area contributed by atoms with Crippen molar-refractivity contribution in [2.75, 3.05) is 20.3 Å². The number of rotatable bonds is 12. The van der Waals surface area contributed by atoms with Crippen LogP contribution in [0, 0.1) is 0 Å². The van der Waals surface area contributed by atoms with Crippen LogP contribution in [0.4, 0.5) is 0 Å². The molecule has 7 N–H and O–H groups in total. The number of hydrogen-bond donors (Lipinski definition) is 6. The smallest absolute Gasteiger partial charge is 0.195 e. The van der Waals surface area contributed by atoms with E-state index >= 15 is 0 Å². The highest BCUT2D eigenvalue weighted by atomic mass is 16.7. The second-order valence-corrected chi connectivity index (χ2v) is 10.9. The van der Waals surface area contributed by atoms with Crippen molar-refractivity contribution in [1.82, 2.24) is 0 Å². The molecule has 0 aromatic carbocycles. The van der Waals surface area contributed by atoms with Crippen LogP contribution in [0.15, 0.2) is 70.3 Å². The molecule has 2 rings (SSSR count). The Bertz CT molecular complexity index is 1240. The minimum absolute atomic E-state index is 0.00887. The zero-order valence-corrected chi connectivity index (χ0v) is 25.2. The molecule has 2 aliphatic rings. The topological polar surface area (TPSA) is 206 Å². The van der Waals surface area contributed by atoms with Crippen molar-refractivity contribution in [3.63, 3.8) is 0 Å². The summed E-state index contributed by atoms with van der Waals surface area (Å²) in [6.45, 7) is 8.55. The van der Waals surface area contributed by atoms with Crippen molar-refractivity contribution in [1.29, 1.82) is 0 Å². The van der Waals surface area contributed by atoms with E-state index in [0.29, 0.717) is 11.8 Å². The zero-order valence-electron chi connectivity index (χ0n) is 25.2. The Morgan fingerprint density at radius 1 is 1.33 bits per heavy atom. The van der Waals surface area contributed by atoms with E-state index < -0.39 is 89.9 Å². The van der Waals surface area contributed by atoms with Crippen molar-refractivity contribution < 1.29 is 54.1 Å². The third kappa shape index (κ3) is 8.45. The molecule has 6 atom stereocenters. The molecule has 1 aliphatic carbocycles. The molecule has 238 valence electrons. The molecule has 1 unspecified atom stereocenters. The first-order valence-electron chi connectivity index (χ1n) is 13.8. The Morgan fingerprint density at radius 3 is 2.51 bits per heavy atom. The van der Waals surface area contributed by atoms with Crippen LogP contribution in [-0.2, 0) is 28.6 Å². The van der Waals surface area contributed by atoms with Gasteiger partial charge in [0, 0.05) is 43.6 Å². The maximum Gasteiger partial charge on any atom is 0.195 e. The van der Waals surface area contributed by atoms with Gasteiger partial charge in [-0.1, -0.05) is 24.8 Å². The van der Waals surface area contributed by atoms with Crippen LogP contribution in [0.3, 0.4) is 0 Å². The molecule has 0 spiro atoms. The van der Waals surface area contributed by atoms with Crippen molar-refractivity contribution in [2.45, 2.75) is 83.2 Å². The molecule has 1 fully saturated rings. The van der Waals surface area contributed by atoms with Gasteiger partial charge in [0.25, 0.3) is 0 Å². The Balaban J connectivity index is 2.76. The molecular formula is C31H43NO11. The van der Waals surface area contributed by atoms with Gasteiger partial charge in [0.15, 0.2) is 23.6 Å². The molecule has 0 amide bonds. The van der Waals surface area contributed by atoms with Crippen LogP contribution in [0.25, 0.3) is 0 Å². The van der Waals surface area contributed by atoms with Gasteiger partial charge in [-0.15, -0.1) is 0 Å². The first kappa shape index (κ1) is 36.0. The minimum atomic E-state index is -2.18. The van der Waals surface area contributed by atoms with Crippen molar-refractivity contribution >= 4 is 17.3 Å². The molecule has 0 aromatic rings. The second kappa shape index (κ2) is 15.5. The molecule has 0 saturated carbocycles. The lowest BCUT2D eigenvalue weighted by molar-refractivity contribution is -0.231. The Kier molecular flexibility index (Phi) is 12.9. The highest BCUT2D eigenvalue weighted by Gasteiger charge is 2.41. The number of carbonyl (C=O) groups is 3. The van der Waals surface area contributed by atoms with Gasteiger partial charge in [-0.05, 0) is 38.8 Å². The summed E-state index contributed by atoms with van der Waals surface area (Å²) < 4.78 is 16.9. The summed E-state index contributed by atoms with van der Waals surface area (Å²) in [5.74, 6) is -3.26. The van der Waals surface area contributed by atoms with E-state index in [1.54, 1.807) is 13.8 Å². The maximum atomic E-state index is 14.1. The van der Waals surface area contributed by atoms with Crippen LogP contribution >= 0.6 is 0 Å². The molecule has 12 nitrogen and oxygen atoms in total. The van der Waals surface area contributed by atoms with Crippen molar-refractivity contribution in [3.05, 3.63) is 70.3 Å². The van der Waals surface area contributed by atoms with E-state index in [1.807, 2.05) is 0 Å². The largest absolute Gasteiger partial charge is 0.515 e. The third-order valence-electron chi connectivity index (χ3n) is 7.45. The number of nitrogens with two attached hydrogens (primary N) is 1. The number of aliphatic hydroxyl groups is 5. The molecule has 0 aromatic heterocycles. The quantitative estimate of drug-likeness (QED) is 0.107. The SMILES string of the molecule is C=C/C=C\C(C(O)=C1C(=O)CC(C[C@@](C)(O)C(=O)CO)=C([C@H](C)OC2C[C@H](N)[C@H](O)[C@H](C)O2)C(=O)C1=CO)=C(\C)COC. The lowest BCUT2D eigenvalue weighted by Gasteiger charge is -2.37. The molecule has 43 heavy (non-hydrogen) atoms. The highest BCUT2D eigenvalue weighted by Crippen LogP contribution is 2.37. The summed E-state index contributed by atoms with van der Waals surface area (Å²) in [4.78, 5) is 40.2. The van der Waals surface area contributed by atoms with Crippen LogP contribution < -0.4 is 5.73 Å². The molecule has 1 heterocycles. The predicted octanol–water partition coefficient (Wildman–Crippen LogP) is 1.71. The summed E-state index contributed by atoms with van der Waals surface area (Å²) in [5, 5.41) is 52.1. The van der Waals surface area contributed by atoms with Crippen LogP contribution in [0.5, 0.6) is 0 Å². The summed E-state index contributed by atoms with van der Waals surface area (Å²) >= 11 is 0. The van der Waals surface area contributed by atoms with Gasteiger partial charge < -0.3 is 45.5 Å². The fraction of sp³-hybridized carbons (Fsp3) is 0.516. The highest BCUT2D eigenvalue weighted by molar-refractivity contribution is 6.22. The summed E-state index contributed by atoms with van der Waals surface area (Å²) in [5.41, 5.74) is 3.27. The standard InChI is InChI=1S/C31H43NO11/c1-7-8-9-20(16(2)15-41-6)29(38)27-21(13-33)30(39)26(17(3)42-25-11-22(32)28(37)18(4)43-25)19(10-23(27)35)12-31(5,40)24(36)14-34/h7-9,13,17-18,22,25,28,33-34,37-38,40H,1,10-12,14-15,32H2,2-6H3/b9-8-,20-16+,21-13?,29-27?/t17-,18-,22-,25?,28+,31+/m0/s1. The van der Waals surface area contributed by atoms with E-state index in [1.165, 1.54) is 32.3 Å². The van der Waals surface area contributed by atoms with Crippen LogP contribution in [0.1, 0.15) is 47.0 Å². The van der Waals surface area contributed by atoms with Crippen molar-refractivity contribution in [2.24, 2.45) is 5.73 Å². The number of ether oxygens (including phenoxy) is 3. The zero-order chi connectivity index (χ0) is 32.6. The minimum Gasteiger partial charge on any atom is -0.515 e. The molecule has 0 bridgehead atoms. The number of methoxy groups -OCH3 is 1. The Labute approximate surface area is 251 Å². The summed E-state index contributed by atoms with van der Waals surface area (Å²) in [7, 11) is 1.44. The lowest BCUT2D eigenvalue weighted by Crippen LogP contribution is -2.52. The maximum absolute atomic E-state index is 14.1. The van der Waals surface area contributed by atoms with Crippen LogP contribution in [0.2, 0.25) is 0 Å². The van der Waals surface area contributed by atoms with E-state index in [4.69, 9.17) is 19.9 Å². The number of ketones is 3. The summed E-state index contributed by atoms with van der Waals surface area (Å²) in [6, 6.07) is -0.688. The average Bonchev–Trinajstić information content (AvgIpc) is 3.03. The van der Waals surface area contributed by atoms with E-state index in [0.717, 1.165) is 6.92 Å². The lowest BCUT2D eigenvalue weighted by atomic mass is 9.86. The van der Waals surface area contributed by atoms with Crippen molar-refractivity contribution in [3.8, 4) is 0 Å². The summed E-state index contributed by atoms with van der Waals surface area (Å²) in [6.07, 6.45) is 0.0567. The van der Waals surface area contributed by atoms with Gasteiger partial charge >= 0.3 is 0 Å². The van der Waals surface area contributed by atoms with Crippen LogP contribution in [-0.4, -0.2) is 99.5 Å². The van der Waals surface area contributed by atoms with Gasteiger partial charge in [-0.2, -0.15) is 0 Å². The van der Waals surface area contributed by atoms with E-state index in [2.05, 4.69) is 6.58 Å². The number of carbonyl (C=O) groups excluding carboxylic acids is 3. The Hall–Kier alpha value is -3.23. The predicted molar refractivity (Wildman–Crippen MR) is 157 cm³/mol. The van der Waals surface area contributed by atoms with Gasteiger partial charge in [-0.3, -0.25) is 14.4 Å². The normalized spacial score (nSPS) is 28.4. The van der Waals surface area contributed by atoms with Gasteiger partial charge in [-0.25, -0.2) is 0 Å². The fourth-order valence-corrected chi connectivity index (χ4v) is 5.13. The third-order valence-corrected chi connectivity index (χ3v) is 7.45. The molecule has 12 heteroatoms. The second-order valence-electron chi connectivity index (χ2n) is 10.9.